The number of nitrogens with one attached hydrogen (secondary N) is 2. The van der Waals surface area contributed by atoms with Gasteiger partial charge in [-0.05, 0) is 47.4 Å². The molecule has 0 aliphatic carbocycles. The van der Waals surface area contributed by atoms with Crippen molar-refractivity contribution in [3.63, 3.8) is 0 Å². The monoisotopic (exact) mass is 402 g/mol. The van der Waals surface area contributed by atoms with Gasteiger partial charge in [-0.15, -0.1) is 11.8 Å². The summed E-state index contributed by atoms with van der Waals surface area (Å²) in [5.74, 6) is 0.923. The van der Waals surface area contributed by atoms with Gasteiger partial charge in [-0.3, -0.25) is 9.89 Å². The summed E-state index contributed by atoms with van der Waals surface area (Å²) in [6.45, 7) is 6.52. The second-order valence-corrected chi connectivity index (χ2v) is 9.31. The summed E-state index contributed by atoms with van der Waals surface area (Å²) < 4.78 is 0. The van der Waals surface area contributed by atoms with E-state index in [-0.39, 0.29) is 0 Å². The number of piperidine rings is 1. The van der Waals surface area contributed by atoms with E-state index in [0.717, 1.165) is 32.1 Å². The van der Waals surface area contributed by atoms with E-state index in [4.69, 9.17) is 0 Å². The highest BCUT2D eigenvalue weighted by Crippen LogP contribution is 2.22. The van der Waals surface area contributed by atoms with Crippen molar-refractivity contribution in [1.82, 2.24) is 15.5 Å². The molecule has 2 aromatic rings. The Morgan fingerprint density at radius 1 is 1.26 bits per heavy atom. The van der Waals surface area contributed by atoms with Crippen LogP contribution in [0.15, 0.2) is 57.0 Å². The molecule has 1 saturated heterocycles. The lowest BCUT2D eigenvalue weighted by Crippen LogP contribution is -2.49. The Morgan fingerprint density at radius 2 is 2.04 bits per heavy atom. The molecule has 1 aromatic carbocycles. The van der Waals surface area contributed by atoms with Gasteiger partial charge in [0.15, 0.2) is 5.96 Å². The van der Waals surface area contributed by atoms with Gasteiger partial charge in [-0.1, -0.05) is 25.1 Å². The van der Waals surface area contributed by atoms with Crippen LogP contribution in [0.4, 0.5) is 0 Å². The fourth-order valence-corrected chi connectivity index (χ4v) is 4.88. The molecule has 0 radical (unpaired) electrons. The zero-order chi connectivity index (χ0) is 18.9. The van der Waals surface area contributed by atoms with Crippen LogP contribution in [-0.2, 0) is 6.54 Å². The number of hydrogen-bond acceptors (Lipinski definition) is 4. The summed E-state index contributed by atoms with van der Waals surface area (Å²) in [7, 11) is 1.86. The highest BCUT2D eigenvalue weighted by Gasteiger charge is 2.20. The second-order valence-electron chi connectivity index (χ2n) is 7.02. The minimum Gasteiger partial charge on any atom is -0.355 e. The van der Waals surface area contributed by atoms with Crippen molar-refractivity contribution in [2.75, 3.05) is 26.7 Å². The molecule has 0 bridgehead atoms. The number of benzene rings is 1. The minimum absolute atomic E-state index is 0.485. The van der Waals surface area contributed by atoms with E-state index in [1.54, 1.807) is 11.3 Å². The van der Waals surface area contributed by atoms with Gasteiger partial charge in [-0.25, -0.2) is 0 Å². The number of rotatable bonds is 7. The SMILES string of the molecule is CN=C(NCC(C)Sc1ccccc1)NC1CCN(Cc2ccsc2)CC1. The quantitative estimate of drug-likeness (QED) is 0.416. The van der Waals surface area contributed by atoms with Crippen LogP contribution in [0, 0.1) is 0 Å². The summed E-state index contributed by atoms with van der Waals surface area (Å²) in [6.07, 6.45) is 2.33. The Morgan fingerprint density at radius 3 is 2.70 bits per heavy atom. The average molecular weight is 403 g/mol. The standard InChI is InChI=1S/C21H30N4S2/c1-17(27-20-6-4-3-5-7-20)14-23-21(22-2)24-19-8-11-25(12-9-19)15-18-10-13-26-16-18/h3-7,10,13,16-17,19H,8-9,11-12,14-15H2,1-2H3,(H2,22,23,24). The highest BCUT2D eigenvalue weighted by molar-refractivity contribution is 8.00. The first-order valence-corrected chi connectivity index (χ1v) is 11.5. The molecule has 0 saturated carbocycles. The van der Waals surface area contributed by atoms with Crippen molar-refractivity contribution in [2.24, 2.45) is 4.99 Å². The van der Waals surface area contributed by atoms with Crippen LogP contribution >= 0.6 is 23.1 Å². The number of guanidine groups is 1. The number of thiophene rings is 1. The lowest BCUT2D eigenvalue weighted by Gasteiger charge is -2.33. The van der Waals surface area contributed by atoms with E-state index >= 15 is 0 Å². The second kappa shape index (κ2) is 10.7. The van der Waals surface area contributed by atoms with Crippen molar-refractivity contribution < 1.29 is 0 Å². The Bertz CT molecular complexity index is 679. The van der Waals surface area contributed by atoms with Gasteiger partial charge < -0.3 is 10.6 Å². The van der Waals surface area contributed by atoms with Gasteiger partial charge in [-0.2, -0.15) is 11.3 Å². The highest BCUT2D eigenvalue weighted by atomic mass is 32.2. The Labute approximate surface area is 171 Å². The molecule has 3 rings (SSSR count). The summed E-state index contributed by atoms with van der Waals surface area (Å²) in [6, 6.07) is 13.3. The maximum Gasteiger partial charge on any atom is 0.191 e. The maximum atomic E-state index is 4.41. The first-order valence-electron chi connectivity index (χ1n) is 9.65. The van der Waals surface area contributed by atoms with Crippen LogP contribution < -0.4 is 10.6 Å². The molecular formula is C21H30N4S2. The molecule has 1 aliphatic rings. The molecule has 1 fully saturated rings. The van der Waals surface area contributed by atoms with E-state index in [9.17, 15) is 0 Å². The van der Waals surface area contributed by atoms with E-state index in [1.807, 2.05) is 18.8 Å². The third-order valence-electron chi connectivity index (χ3n) is 4.78. The maximum absolute atomic E-state index is 4.41. The predicted octanol–water partition coefficient (Wildman–Crippen LogP) is 4.06. The predicted molar refractivity (Wildman–Crippen MR) is 119 cm³/mol. The lowest BCUT2D eigenvalue weighted by molar-refractivity contribution is 0.198. The molecular weight excluding hydrogens is 372 g/mol. The number of nitrogens with zero attached hydrogens (tertiary/aromatic N) is 2. The van der Waals surface area contributed by atoms with Gasteiger partial charge in [0.2, 0.25) is 0 Å². The molecule has 2 N–H and O–H groups in total. The van der Waals surface area contributed by atoms with Crippen LogP contribution in [-0.4, -0.2) is 48.8 Å². The van der Waals surface area contributed by atoms with Gasteiger partial charge in [0.25, 0.3) is 0 Å². The lowest BCUT2D eigenvalue weighted by atomic mass is 10.0. The number of hydrogen-bond donors (Lipinski definition) is 2. The topological polar surface area (TPSA) is 39.7 Å². The van der Waals surface area contributed by atoms with Crippen LogP contribution in [0.3, 0.4) is 0 Å². The van der Waals surface area contributed by atoms with Crippen LogP contribution in [0.2, 0.25) is 0 Å². The molecule has 2 heterocycles. The van der Waals surface area contributed by atoms with Gasteiger partial charge in [0, 0.05) is 49.4 Å². The smallest absolute Gasteiger partial charge is 0.191 e. The molecule has 146 valence electrons. The van der Waals surface area contributed by atoms with E-state index in [1.165, 1.54) is 23.3 Å². The normalized spacial score (nSPS) is 17.6. The van der Waals surface area contributed by atoms with Crippen molar-refractivity contribution >= 4 is 29.1 Å². The summed E-state index contributed by atoms with van der Waals surface area (Å²) in [4.78, 5) is 8.28. The zero-order valence-corrected chi connectivity index (χ0v) is 17.9. The third kappa shape index (κ3) is 6.87. The van der Waals surface area contributed by atoms with Crippen molar-refractivity contribution in [1.29, 1.82) is 0 Å². The van der Waals surface area contributed by atoms with E-state index in [2.05, 4.69) is 74.6 Å². The van der Waals surface area contributed by atoms with Crippen LogP contribution in [0.25, 0.3) is 0 Å². The molecule has 1 aromatic heterocycles. The molecule has 1 unspecified atom stereocenters. The van der Waals surface area contributed by atoms with Gasteiger partial charge >= 0.3 is 0 Å². The first kappa shape index (κ1) is 20.2. The summed E-state index contributed by atoms with van der Waals surface area (Å²) >= 11 is 3.68. The molecule has 27 heavy (non-hydrogen) atoms. The van der Waals surface area contributed by atoms with Gasteiger partial charge in [0.1, 0.15) is 0 Å². The van der Waals surface area contributed by atoms with Gasteiger partial charge in [0.05, 0.1) is 0 Å². The molecule has 1 atom stereocenters. The molecule has 0 amide bonds. The Kier molecular flexibility index (Phi) is 8.05. The number of likely N-dealkylation sites (tertiary alicyclic amines) is 1. The Hall–Kier alpha value is -1.50. The van der Waals surface area contributed by atoms with E-state index < -0.39 is 0 Å². The van der Waals surface area contributed by atoms with Crippen LogP contribution in [0.5, 0.6) is 0 Å². The zero-order valence-electron chi connectivity index (χ0n) is 16.2. The fraction of sp³-hybridized carbons (Fsp3) is 0.476. The molecule has 0 spiro atoms. The molecule has 4 nitrogen and oxygen atoms in total. The summed E-state index contributed by atoms with van der Waals surface area (Å²) in [5.41, 5.74) is 1.44. The van der Waals surface area contributed by atoms with Crippen LogP contribution in [0.1, 0.15) is 25.3 Å². The third-order valence-corrected chi connectivity index (χ3v) is 6.62. The van der Waals surface area contributed by atoms with Crippen molar-refractivity contribution in [2.45, 2.75) is 42.5 Å². The Balaban J connectivity index is 1.36. The number of thioether (sulfide) groups is 1. The van der Waals surface area contributed by atoms with E-state index in [0.29, 0.717) is 11.3 Å². The molecule has 6 heteroatoms. The first-order chi connectivity index (χ1) is 13.2. The molecule has 1 aliphatic heterocycles. The number of aliphatic imine (C=N–C) groups is 1. The van der Waals surface area contributed by atoms with Crippen molar-refractivity contribution in [3.8, 4) is 0 Å². The fourth-order valence-electron chi connectivity index (χ4n) is 3.28. The van der Waals surface area contributed by atoms with Crippen molar-refractivity contribution in [3.05, 3.63) is 52.7 Å². The average Bonchev–Trinajstić information content (AvgIpc) is 3.20. The largest absolute Gasteiger partial charge is 0.355 e. The minimum atomic E-state index is 0.485. The summed E-state index contributed by atoms with van der Waals surface area (Å²) in [5, 5.41) is 12.0.